The smallest absolute Gasteiger partial charge is 0.166 e. The third kappa shape index (κ3) is 1.41. The van der Waals surface area contributed by atoms with Crippen molar-refractivity contribution >= 4 is 6.21 Å². The fraction of sp³-hybridized carbons (Fsp3) is 0.417. The summed E-state index contributed by atoms with van der Waals surface area (Å²) in [6, 6.07) is 8.51. The van der Waals surface area contributed by atoms with E-state index in [1.165, 1.54) is 11.1 Å². The molecule has 74 valence electrons. The Hall–Kier alpha value is -1.31. The van der Waals surface area contributed by atoms with Gasteiger partial charge in [-0.05, 0) is 25.5 Å². The second-order valence-corrected chi connectivity index (χ2v) is 4.36. The van der Waals surface area contributed by atoms with Crippen molar-refractivity contribution in [2.45, 2.75) is 25.8 Å². The van der Waals surface area contributed by atoms with Gasteiger partial charge in [0, 0.05) is 12.0 Å². The normalized spacial score (nSPS) is 18.4. The third-order valence-corrected chi connectivity index (χ3v) is 2.78. The molecule has 14 heavy (non-hydrogen) atoms. The third-order valence-electron chi connectivity index (χ3n) is 2.78. The van der Waals surface area contributed by atoms with Crippen LogP contribution < -0.4 is 0 Å². The van der Waals surface area contributed by atoms with Crippen molar-refractivity contribution in [1.82, 2.24) is 0 Å². The van der Waals surface area contributed by atoms with Crippen molar-refractivity contribution in [3.05, 3.63) is 40.8 Å². The quantitative estimate of drug-likeness (QED) is 0.602. The Kier molecular flexibility index (Phi) is 2.06. The number of nitrogens with zero attached hydrogens (tertiary/aromatic N) is 2. The molecule has 0 N–H and O–H groups in total. The summed E-state index contributed by atoms with van der Waals surface area (Å²) in [6.45, 7) is 4.43. The van der Waals surface area contributed by atoms with E-state index in [2.05, 4.69) is 54.4 Å². The number of benzene rings is 1. The van der Waals surface area contributed by atoms with Gasteiger partial charge in [-0.3, -0.25) is 4.68 Å². The van der Waals surface area contributed by atoms with Gasteiger partial charge in [0.1, 0.15) is 0 Å². The fourth-order valence-electron chi connectivity index (χ4n) is 2.00. The Labute approximate surface area is 85.2 Å². The number of rotatable bonds is 1. The molecule has 0 aromatic heterocycles. The van der Waals surface area contributed by atoms with E-state index in [0.717, 1.165) is 6.42 Å². The Morgan fingerprint density at radius 1 is 1.29 bits per heavy atom. The van der Waals surface area contributed by atoms with Gasteiger partial charge in [-0.1, -0.05) is 25.2 Å². The molecule has 0 radical (unpaired) electrons. The summed E-state index contributed by atoms with van der Waals surface area (Å²) >= 11 is 0. The van der Waals surface area contributed by atoms with Gasteiger partial charge in [0.25, 0.3) is 0 Å². The highest BCUT2D eigenvalue weighted by Gasteiger charge is 2.30. The lowest BCUT2D eigenvalue weighted by molar-refractivity contribution is -0.553. The highest BCUT2D eigenvalue weighted by molar-refractivity contribution is 5.79. The first-order valence-electron chi connectivity index (χ1n) is 4.95. The van der Waals surface area contributed by atoms with Crippen LogP contribution in [0.5, 0.6) is 0 Å². The first-order valence-corrected chi connectivity index (χ1v) is 4.95. The topological polar surface area (TPSA) is 17.1 Å². The summed E-state index contributed by atoms with van der Waals surface area (Å²) in [6.07, 6.45) is 3.18. The molecule has 0 saturated heterocycles. The Morgan fingerprint density at radius 3 is 2.71 bits per heavy atom. The van der Waals surface area contributed by atoms with Crippen molar-refractivity contribution in [2.75, 3.05) is 7.05 Å². The zero-order valence-electron chi connectivity index (χ0n) is 8.99. The SMILES string of the molecule is C[N-][N+]1=Cc2ccccc2CC1(C)C. The molecule has 0 spiro atoms. The van der Waals surface area contributed by atoms with Gasteiger partial charge in [0.05, 0.1) is 0 Å². The Morgan fingerprint density at radius 2 is 2.00 bits per heavy atom. The Bertz CT molecular complexity index is 378. The number of hydrogen-bond donors (Lipinski definition) is 0. The number of hydrogen-bond acceptors (Lipinski definition) is 0. The van der Waals surface area contributed by atoms with Crippen LogP contribution in [0.1, 0.15) is 25.0 Å². The van der Waals surface area contributed by atoms with E-state index in [1.807, 2.05) is 7.05 Å². The molecule has 2 heteroatoms. The minimum absolute atomic E-state index is 0.100. The summed E-state index contributed by atoms with van der Waals surface area (Å²) in [7, 11) is 1.84. The van der Waals surface area contributed by atoms with Crippen LogP contribution in [0.25, 0.3) is 5.43 Å². The van der Waals surface area contributed by atoms with E-state index in [9.17, 15) is 0 Å². The maximum absolute atomic E-state index is 4.28. The first kappa shape index (κ1) is 9.25. The van der Waals surface area contributed by atoms with Gasteiger partial charge < -0.3 is 5.43 Å². The Balaban J connectivity index is 2.50. The van der Waals surface area contributed by atoms with Crippen molar-refractivity contribution in [3.8, 4) is 0 Å². The van der Waals surface area contributed by atoms with Crippen LogP contribution in [0.3, 0.4) is 0 Å². The van der Waals surface area contributed by atoms with Crippen LogP contribution in [0.4, 0.5) is 0 Å². The molecular weight excluding hydrogens is 172 g/mol. The van der Waals surface area contributed by atoms with Gasteiger partial charge >= 0.3 is 0 Å². The van der Waals surface area contributed by atoms with Crippen LogP contribution >= 0.6 is 0 Å². The molecule has 1 heterocycles. The summed E-state index contributed by atoms with van der Waals surface area (Å²) < 4.78 is 2.05. The lowest BCUT2D eigenvalue weighted by Crippen LogP contribution is -2.39. The molecule has 2 rings (SSSR count). The second kappa shape index (κ2) is 3.12. The molecule has 0 saturated carbocycles. The van der Waals surface area contributed by atoms with E-state index in [0.29, 0.717) is 0 Å². The molecule has 1 aliphatic heterocycles. The highest BCUT2D eigenvalue weighted by Crippen LogP contribution is 2.24. The first-order chi connectivity index (χ1) is 6.63. The van der Waals surface area contributed by atoms with Gasteiger partial charge in [0.15, 0.2) is 11.8 Å². The van der Waals surface area contributed by atoms with E-state index in [4.69, 9.17) is 0 Å². The van der Waals surface area contributed by atoms with Crippen molar-refractivity contribution in [3.63, 3.8) is 0 Å². The average molecular weight is 188 g/mol. The molecule has 2 nitrogen and oxygen atoms in total. The molecule has 0 bridgehead atoms. The maximum Gasteiger partial charge on any atom is 0.166 e. The number of fused-ring (bicyclic) bond motifs is 1. The summed E-state index contributed by atoms with van der Waals surface area (Å²) in [5.74, 6) is 0. The van der Waals surface area contributed by atoms with Gasteiger partial charge in [-0.2, -0.15) is 0 Å². The molecule has 0 amide bonds. The van der Waals surface area contributed by atoms with Crippen molar-refractivity contribution < 1.29 is 4.68 Å². The lowest BCUT2D eigenvalue weighted by Gasteiger charge is -2.32. The lowest BCUT2D eigenvalue weighted by atomic mass is 9.89. The summed E-state index contributed by atoms with van der Waals surface area (Å²) in [4.78, 5) is 0. The molecule has 0 fully saturated rings. The zero-order valence-corrected chi connectivity index (χ0v) is 8.99. The predicted octanol–water partition coefficient (Wildman–Crippen LogP) is 2.37. The molecule has 1 aliphatic rings. The predicted molar refractivity (Wildman–Crippen MR) is 58.9 cm³/mol. The van der Waals surface area contributed by atoms with Crippen LogP contribution in [-0.4, -0.2) is 23.5 Å². The van der Waals surface area contributed by atoms with Crippen LogP contribution in [0.15, 0.2) is 24.3 Å². The molecule has 1 aromatic rings. The van der Waals surface area contributed by atoms with Crippen molar-refractivity contribution in [2.24, 2.45) is 0 Å². The van der Waals surface area contributed by atoms with Crippen molar-refractivity contribution in [1.29, 1.82) is 0 Å². The largest absolute Gasteiger partial charge is 0.443 e. The molecule has 0 atom stereocenters. The van der Waals surface area contributed by atoms with E-state index in [-0.39, 0.29) is 5.54 Å². The summed E-state index contributed by atoms with van der Waals surface area (Å²) in [5, 5.41) is 0. The van der Waals surface area contributed by atoms with Gasteiger partial charge in [-0.25, -0.2) is 0 Å². The van der Waals surface area contributed by atoms with Crippen LogP contribution in [-0.2, 0) is 6.42 Å². The van der Waals surface area contributed by atoms with Gasteiger partial charge in [0.2, 0.25) is 0 Å². The molecule has 0 aliphatic carbocycles. The van der Waals surface area contributed by atoms with Crippen LogP contribution in [0.2, 0.25) is 0 Å². The second-order valence-electron chi connectivity index (χ2n) is 4.36. The van der Waals surface area contributed by atoms with E-state index < -0.39 is 0 Å². The molecule has 0 unspecified atom stereocenters. The maximum atomic E-state index is 4.28. The van der Waals surface area contributed by atoms with E-state index in [1.54, 1.807) is 0 Å². The molecule has 1 aromatic carbocycles. The van der Waals surface area contributed by atoms with Crippen LogP contribution in [0, 0.1) is 0 Å². The zero-order chi connectivity index (χ0) is 10.2. The summed E-state index contributed by atoms with van der Waals surface area (Å²) in [5.41, 5.74) is 7.08. The standard InChI is InChI=1S/C12H16N2/c1-12(2)8-10-6-4-5-7-11(10)9-14(12)13-3/h4-7,9H,8H2,1-3H3. The minimum atomic E-state index is 0.100. The highest BCUT2D eigenvalue weighted by atomic mass is 15.4. The van der Waals surface area contributed by atoms with E-state index >= 15 is 0 Å². The monoisotopic (exact) mass is 188 g/mol. The fourth-order valence-corrected chi connectivity index (χ4v) is 2.00. The average Bonchev–Trinajstić information content (AvgIpc) is 2.15. The molecular formula is C12H16N2. The minimum Gasteiger partial charge on any atom is -0.443 e. The van der Waals surface area contributed by atoms with Gasteiger partial charge in [-0.15, -0.1) is 0 Å².